The van der Waals surface area contributed by atoms with Gasteiger partial charge in [0.2, 0.25) is 0 Å². The van der Waals surface area contributed by atoms with Crippen LogP contribution in [0.3, 0.4) is 0 Å². The molecular formula is C21H28N6O. The second kappa shape index (κ2) is 8.67. The number of hydrogen-bond acceptors (Lipinski definition) is 6. The van der Waals surface area contributed by atoms with E-state index in [0.29, 0.717) is 12.5 Å². The third-order valence-corrected chi connectivity index (χ3v) is 5.39. The number of aromatic nitrogens is 4. The molecule has 1 aliphatic rings. The predicted octanol–water partition coefficient (Wildman–Crippen LogP) is 2.83. The van der Waals surface area contributed by atoms with Crippen molar-refractivity contribution in [3.05, 3.63) is 65.9 Å². The Balaban J connectivity index is 1.44. The minimum Gasteiger partial charge on any atom is -0.468 e. The number of piperazine rings is 1. The topological polar surface area (TPSA) is 63.2 Å². The maximum Gasteiger partial charge on any atom is 0.169 e. The van der Waals surface area contributed by atoms with E-state index in [1.807, 2.05) is 22.9 Å². The molecule has 0 radical (unpaired) electrons. The highest BCUT2D eigenvalue weighted by atomic mass is 16.3. The number of benzene rings is 1. The lowest BCUT2D eigenvalue weighted by atomic mass is 10.0. The van der Waals surface area contributed by atoms with Crippen LogP contribution in [-0.2, 0) is 13.1 Å². The van der Waals surface area contributed by atoms with Gasteiger partial charge in [-0.3, -0.25) is 9.80 Å². The van der Waals surface area contributed by atoms with Crippen molar-refractivity contribution in [2.24, 2.45) is 5.92 Å². The number of furan rings is 1. The van der Waals surface area contributed by atoms with E-state index in [0.717, 1.165) is 44.3 Å². The molecule has 1 atom stereocenters. The Bertz CT molecular complexity index is 837. The fraction of sp³-hybridized carbons (Fsp3) is 0.476. The normalized spacial score (nSPS) is 17.2. The van der Waals surface area contributed by atoms with Crippen LogP contribution >= 0.6 is 0 Å². The van der Waals surface area contributed by atoms with Gasteiger partial charge in [-0.25, -0.2) is 4.68 Å². The van der Waals surface area contributed by atoms with Gasteiger partial charge in [0.25, 0.3) is 0 Å². The van der Waals surface area contributed by atoms with E-state index in [-0.39, 0.29) is 6.04 Å². The molecule has 0 saturated carbocycles. The van der Waals surface area contributed by atoms with Crippen LogP contribution in [0.4, 0.5) is 0 Å². The molecule has 3 heterocycles. The smallest absolute Gasteiger partial charge is 0.169 e. The van der Waals surface area contributed by atoms with Crippen molar-refractivity contribution in [3.8, 4) is 0 Å². The van der Waals surface area contributed by atoms with Crippen LogP contribution in [0.2, 0.25) is 0 Å². The first-order valence-corrected chi connectivity index (χ1v) is 9.99. The van der Waals surface area contributed by atoms with Crippen molar-refractivity contribution in [1.29, 1.82) is 0 Å². The molecule has 7 heteroatoms. The molecule has 0 spiro atoms. The quantitative estimate of drug-likeness (QED) is 0.628. The summed E-state index contributed by atoms with van der Waals surface area (Å²) in [6.07, 6.45) is 1.74. The van der Waals surface area contributed by atoms with Crippen LogP contribution in [0.25, 0.3) is 0 Å². The van der Waals surface area contributed by atoms with Crippen LogP contribution in [0.1, 0.15) is 37.0 Å². The largest absolute Gasteiger partial charge is 0.468 e. The zero-order chi connectivity index (χ0) is 19.3. The number of hydrogen-bond donors (Lipinski definition) is 0. The van der Waals surface area contributed by atoms with E-state index in [1.165, 1.54) is 5.56 Å². The number of tetrazole rings is 1. The Morgan fingerprint density at radius 1 is 0.964 bits per heavy atom. The summed E-state index contributed by atoms with van der Waals surface area (Å²) >= 11 is 0. The van der Waals surface area contributed by atoms with Crippen molar-refractivity contribution in [2.75, 3.05) is 26.2 Å². The van der Waals surface area contributed by atoms with Gasteiger partial charge in [-0.05, 0) is 34.0 Å². The molecule has 28 heavy (non-hydrogen) atoms. The molecule has 1 saturated heterocycles. The van der Waals surface area contributed by atoms with Crippen LogP contribution < -0.4 is 0 Å². The molecule has 4 rings (SSSR count). The van der Waals surface area contributed by atoms with Gasteiger partial charge in [0, 0.05) is 26.2 Å². The molecule has 148 valence electrons. The molecular weight excluding hydrogens is 352 g/mol. The highest BCUT2D eigenvalue weighted by Gasteiger charge is 2.31. The first-order chi connectivity index (χ1) is 13.7. The fourth-order valence-electron chi connectivity index (χ4n) is 4.00. The van der Waals surface area contributed by atoms with Crippen LogP contribution in [0.15, 0.2) is 53.1 Å². The highest BCUT2D eigenvalue weighted by Crippen LogP contribution is 2.28. The third-order valence-electron chi connectivity index (χ3n) is 5.39. The summed E-state index contributed by atoms with van der Waals surface area (Å²) in [5.41, 5.74) is 1.21. The monoisotopic (exact) mass is 380 g/mol. The van der Waals surface area contributed by atoms with Crippen molar-refractivity contribution >= 4 is 0 Å². The molecule has 1 fully saturated rings. The lowest BCUT2D eigenvalue weighted by Crippen LogP contribution is -2.48. The number of rotatable bonds is 7. The molecule has 7 nitrogen and oxygen atoms in total. The maximum atomic E-state index is 5.49. The first-order valence-electron chi connectivity index (χ1n) is 9.99. The van der Waals surface area contributed by atoms with E-state index in [1.54, 1.807) is 6.26 Å². The van der Waals surface area contributed by atoms with Crippen molar-refractivity contribution in [2.45, 2.75) is 33.0 Å². The van der Waals surface area contributed by atoms with Crippen LogP contribution in [0, 0.1) is 5.92 Å². The van der Waals surface area contributed by atoms with Crippen LogP contribution in [-0.4, -0.2) is 56.2 Å². The predicted molar refractivity (Wildman–Crippen MR) is 106 cm³/mol. The van der Waals surface area contributed by atoms with Crippen LogP contribution in [0.5, 0.6) is 0 Å². The molecule has 0 aliphatic carbocycles. The maximum absolute atomic E-state index is 5.49. The van der Waals surface area contributed by atoms with E-state index < -0.39 is 0 Å². The van der Waals surface area contributed by atoms with E-state index >= 15 is 0 Å². The summed E-state index contributed by atoms with van der Waals surface area (Å²) in [4.78, 5) is 4.97. The molecule has 0 amide bonds. The minimum atomic E-state index is 0.212. The van der Waals surface area contributed by atoms with Gasteiger partial charge in [-0.1, -0.05) is 44.2 Å². The van der Waals surface area contributed by atoms with Gasteiger partial charge in [-0.2, -0.15) is 0 Å². The summed E-state index contributed by atoms with van der Waals surface area (Å²) < 4.78 is 7.45. The van der Waals surface area contributed by atoms with Crippen molar-refractivity contribution in [1.82, 2.24) is 30.0 Å². The Kier molecular flexibility index (Phi) is 5.83. The minimum absolute atomic E-state index is 0.212. The van der Waals surface area contributed by atoms with E-state index in [9.17, 15) is 0 Å². The molecule has 0 unspecified atom stereocenters. The van der Waals surface area contributed by atoms with Crippen molar-refractivity contribution in [3.63, 3.8) is 0 Å². The molecule has 1 aliphatic heterocycles. The average Bonchev–Trinajstić information content (AvgIpc) is 3.37. The second-order valence-corrected chi connectivity index (χ2v) is 7.76. The molecule has 0 N–H and O–H groups in total. The van der Waals surface area contributed by atoms with E-state index in [4.69, 9.17) is 4.42 Å². The first kappa shape index (κ1) is 18.8. The lowest BCUT2D eigenvalue weighted by molar-refractivity contribution is 0.0634. The Hall–Kier alpha value is -2.51. The van der Waals surface area contributed by atoms with Gasteiger partial charge in [-0.15, -0.1) is 5.10 Å². The lowest BCUT2D eigenvalue weighted by Gasteiger charge is -2.40. The highest BCUT2D eigenvalue weighted by molar-refractivity contribution is 5.15. The zero-order valence-electron chi connectivity index (χ0n) is 16.6. The fourth-order valence-corrected chi connectivity index (χ4v) is 4.00. The average molecular weight is 380 g/mol. The van der Waals surface area contributed by atoms with Gasteiger partial charge < -0.3 is 4.42 Å². The Morgan fingerprint density at radius 3 is 2.43 bits per heavy atom. The molecule has 3 aromatic rings. The van der Waals surface area contributed by atoms with E-state index in [2.05, 4.69) is 63.4 Å². The van der Waals surface area contributed by atoms with Gasteiger partial charge in [0.15, 0.2) is 5.82 Å². The van der Waals surface area contributed by atoms with Crippen molar-refractivity contribution < 1.29 is 4.42 Å². The van der Waals surface area contributed by atoms with Gasteiger partial charge >= 0.3 is 0 Å². The summed E-state index contributed by atoms with van der Waals surface area (Å²) in [6.45, 7) is 10.1. The summed E-state index contributed by atoms with van der Waals surface area (Å²) in [7, 11) is 0. The third kappa shape index (κ3) is 4.31. The van der Waals surface area contributed by atoms with Gasteiger partial charge in [0.05, 0.1) is 25.4 Å². The summed E-state index contributed by atoms with van der Waals surface area (Å²) in [6, 6.07) is 14.6. The molecule has 1 aromatic carbocycles. The summed E-state index contributed by atoms with van der Waals surface area (Å²) in [5.74, 6) is 2.41. The molecule has 2 aromatic heterocycles. The zero-order valence-corrected chi connectivity index (χ0v) is 16.6. The summed E-state index contributed by atoms with van der Waals surface area (Å²) in [5, 5.41) is 12.7. The second-order valence-electron chi connectivity index (χ2n) is 7.76. The number of nitrogens with zero attached hydrogens (tertiary/aromatic N) is 6. The Morgan fingerprint density at radius 2 is 1.75 bits per heavy atom. The van der Waals surface area contributed by atoms with Gasteiger partial charge in [0.1, 0.15) is 5.76 Å². The standard InChI is InChI=1S/C21H28N6O/c1-17(2)20(21-22-23-24-27(21)15-18-7-4-3-5-8-18)26-12-10-25(11-13-26)16-19-9-6-14-28-19/h3-9,14,17,20H,10-13,15-16H2,1-2H3/t20-/m0/s1. The SMILES string of the molecule is CC(C)[C@@H](c1nnnn1Cc1ccccc1)N1CCN(Cc2ccco2)CC1. The molecule has 0 bridgehead atoms. The Labute approximate surface area is 165 Å².